The van der Waals surface area contributed by atoms with Crippen molar-refractivity contribution in [1.29, 1.82) is 0 Å². The number of fused-ring (bicyclic) bond motifs is 14. The molecule has 0 saturated carbocycles. The zero-order valence-electron chi connectivity index (χ0n) is 29.5. The van der Waals surface area contributed by atoms with Gasteiger partial charge < -0.3 is 8.97 Å². The van der Waals surface area contributed by atoms with Crippen LogP contribution in [0.3, 0.4) is 0 Å². The highest BCUT2D eigenvalue weighted by Crippen LogP contribution is 2.47. The molecule has 254 valence electrons. The van der Waals surface area contributed by atoms with Gasteiger partial charge in [0.25, 0.3) is 0 Å². The molecule has 13 aromatic rings. The zero-order chi connectivity index (χ0) is 35.8. The molecule has 5 nitrogen and oxygen atoms in total. The number of nitrogens with zero attached hydrogens (tertiary/aromatic N) is 5. The van der Waals surface area contributed by atoms with Gasteiger partial charge >= 0.3 is 0 Å². The van der Waals surface area contributed by atoms with Gasteiger partial charge in [0.1, 0.15) is 5.69 Å². The number of rotatable bonds is 3. The Morgan fingerprint density at radius 3 is 1.62 bits per heavy atom. The van der Waals surface area contributed by atoms with Gasteiger partial charge in [-0.3, -0.25) is 4.57 Å². The molecule has 0 amide bonds. The average molecular weight is 700 g/mol. The second kappa shape index (κ2) is 10.6. The minimum Gasteiger partial charge on any atom is -0.309 e. The number of benzene rings is 8. The molecule has 0 aliphatic rings. The van der Waals surface area contributed by atoms with E-state index in [1.54, 1.807) is 0 Å². The first kappa shape index (κ1) is 29.0. The third kappa shape index (κ3) is 3.71. The van der Waals surface area contributed by atoms with Gasteiger partial charge in [-0.05, 0) is 48.5 Å². The van der Waals surface area contributed by atoms with Gasteiger partial charge in [0, 0.05) is 65.1 Å². The Hall–Kier alpha value is -7.50. The van der Waals surface area contributed by atoms with E-state index in [4.69, 9.17) is 10.2 Å². The van der Waals surface area contributed by atoms with E-state index in [-0.39, 0.29) is 0 Å². The van der Waals surface area contributed by atoms with Crippen molar-refractivity contribution in [2.24, 2.45) is 0 Å². The quantitative estimate of drug-likeness (QED) is 0.184. The first-order valence-electron chi connectivity index (χ1n) is 18.8. The topological polar surface area (TPSA) is 40.0 Å². The lowest BCUT2D eigenvalue weighted by Gasteiger charge is -2.13. The highest BCUT2D eigenvalue weighted by Gasteiger charge is 2.25. The molecule has 0 aliphatic carbocycles. The summed E-state index contributed by atoms with van der Waals surface area (Å²) < 4.78 is 7.17. The second-order valence-electron chi connectivity index (χ2n) is 14.6. The lowest BCUT2D eigenvalue weighted by molar-refractivity contribution is 0.977. The SMILES string of the molecule is c1ccc(-n2c3ccccc3c3ccc(-c4nnc(-n5c6ccccc6c6c7c8ccccc8n8c9ccccc9c(cc65)c78)c5ccccc45)cc32)cc1. The molecule has 0 atom stereocenters. The molecule has 8 aromatic carbocycles. The third-order valence-corrected chi connectivity index (χ3v) is 11.8. The zero-order valence-corrected chi connectivity index (χ0v) is 29.5. The molecule has 5 aromatic heterocycles. The van der Waals surface area contributed by atoms with Crippen LogP contribution in [0.25, 0.3) is 115 Å². The molecule has 13 rings (SSSR count). The fourth-order valence-electron chi connectivity index (χ4n) is 9.63. The Balaban J connectivity index is 1.12. The summed E-state index contributed by atoms with van der Waals surface area (Å²) in [6.07, 6.45) is 0. The van der Waals surface area contributed by atoms with E-state index in [0.29, 0.717) is 0 Å². The summed E-state index contributed by atoms with van der Waals surface area (Å²) in [5.74, 6) is 0.826. The predicted octanol–water partition coefficient (Wildman–Crippen LogP) is 12.6. The summed E-state index contributed by atoms with van der Waals surface area (Å²) in [5.41, 5.74) is 11.3. The van der Waals surface area contributed by atoms with Crippen LogP contribution in [0.2, 0.25) is 0 Å². The standard InChI is InChI=1S/C50H29N5/c1-2-14-31(15-3-1)53-40-22-10-6-16-32(40)34-27-26-30(28-44(34)53)48-35-18-4-5-19-36(35)50(52-51-48)55-43-25-13-8-20-37(43)46-45(55)29-39-33-17-7-11-23-41(33)54-42-24-12-9-21-38(42)47(46)49(39)54/h1-29H. The van der Waals surface area contributed by atoms with Crippen LogP contribution in [-0.2, 0) is 0 Å². The molecule has 0 spiro atoms. The maximum atomic E-state index is 5.17. The summed E-state index contributed by atoms with van der Waals surface area (Å²) >= 11 is 0. The number of hydrogen-bond acceptors (Lipinski definition) is 2. The number of hydrogen-bond donors (Lipinski definition) is 0. The van der Waals surface area contributed by atoms with E-state index in [1.807, 2.05) is 0 Å². The smallest absolute Gasteiger partial charge is 0.168 e. The third-order valence-electron chi connectivity index (χ3n) is 11.8. The van der Waals surface area contributed by atoms with Crippen molar-refractivity contribution in [2.45, 2.75) is 0 Å². The summed E-state index contributed by atoms with van der Waals surface area (Å²) in [5, 5.41) is 22.3. The highest BCUT2D eigenvalue weighted by molar-refractivity contribution is 6.35. The molecule has 0 N–H and O–H groups in total. The van der Waals surface area contributed by atoms with Crippen LogP contribution in [0.1, 0.15) is 0 Å². The van der Waals surface area contributed by atoms with Gasteiger partial charge in [-0.1, -0.05) is 127 Å². The molecule has 5 heteroatoms. The van der Waals surface area contributed by atoms with Crippen molar-refractivity contribution in [3.8, 4) is 22.8 Å². The number of para-hydroxylation sites is 5. The van der Waals surface area contributed by atoms with Crippen molar-refractivity contribution in [3.05, 3.63) is 176 Å². The van der Waals surface area contributed by atoms with Gasteiger partial charge in [-0.15, -0.1) is 10.2 Å². The monoisotopic (exact) mass is 699 g/mol. The minimum absolute atomic E-state index is 0.826. The highest BCUT2D eigenvalue weighted by atomic mass is 15.2. The van der Waals surface area contributed by atoms with Gasteiger partial charge in [-0.25, -0.2) is 0 Å². The predicted molar refractivity (Wildman–Crippen MR) is 228 cm³/mol. The minimum atomic E-state index is 0.826. The maximum Gasteiger partial charge on any atom is 0.168 e. The van der Waals surface area contributed by atoms with Crippen molar-refractivity contribution in [1.82, 2.24) is 23.7 Å². The van der Waals surface area contributed by atoms with Crippen LogP contribution in [-0.4, -0.2) is 23.7 Å². The summed E-state index contributed by atoms with van der Waals surface area (Å²) in [6.45, 7) is 0. The molecule has 0 aliphatic heterocycles. The van der Waals surface area contributed by atoms with Crippen molar-refractivity contribution in [2.75, 3.05) is 0 Å². The Kier molecular flexibility index (Phi) is 5.57. The van der Waals surface area contributed by atoms with Crippen molar-refractivity contribution >= 4 is 92.5 Å². The molecular weight excluding hydrogens is 671 g/mol. The summed E-state index contributed by atoms with van der Waals surface area (Å²) in [7, 11) is 0. The Labute approximate surface area is 313 Å². The Bertz CT molecular complexity index is 3720. The molecule has 5 heterocycles. The van der Waals surface area contributed by atoms with Crippen molar-refractivity contribution < 1.29 is 0 Å². The fourth-order valence-corrected chi connectivity index (χ4v) is 9.63. The average Bonchev–Trinajstić information content (AvgIpc) is 3.97. The van der Waals surface area contributed by atoms with E-state index < -0.39 is 0 Å². The first-order chi connectivity index (χ1) is 27.3. The molecule has 0 fully saturated rings. The molecule has 0 radical (unpaired) electrons. The largest absolute Gasteiger partial charge is 0.309 e. The summed E-state index contributed by atoms with van der Waals surface area (Å²) in [6, 6.07) is 63.4. The van der Waals surface area contributed by atoms with Crippen LogP contribution in [0.5, 0.6) is 0 Å². The first-order valence-corrected chi connectivity index (χ1v) is 18.8. The van der Waals surface area contributed by atoms with Crippen LogP contribution in [0.4, 0.5) is 0 Å². The van der Waals surface area contributed by atoms with E-state index in [9.17, 15) is 0 Å². The van der Waals surface area contributed by atoms with Crippen LogP contribution >= 0.6 is 0 Å². The van der Waals surface area contributed by atoms with Gasteiger partial charge in [0.15, 0.2) is 5.82 Å². The van der Waals surface area contributed by atoms with Gasteiger partial charge in [0.2, 0.25) is 0 Å². The van der Waals surface area contributed by atoms with E-state index >= 15 is 0 Å². The van der Waals surface area contributed by atoms with Gasteiger partial charge in [0.05, 0.1) is 38.6 Å². The molecule has 55 heavy (non-hydrogen) atoms. The molecule has 0 bridgehead atoms. The lowest BCUT2D eigenvalue weighted by Crippen LogP contribution is -2.02. The Morgan fingerprint density at radius 1 is 0.327 bits per heavy atom. The van der Waals surface area contributed by atoms with Crippen LogP contribution < -0.4 is 0 Å². The van der Waals surface area contributed by atoms with E-state index in [0.717, 1.165) is 50.1 Å². The molecule has 0 saturated heterocycles. The Morgan fingerprint density at radius 2 is 0.873 bits per heavy atom. The summed E-state index contributed by atoms with van der Waals surface area (Å²) in [4.78, 5) is 0. The van der Waals surface area contributed by atoms with E-state index in [1.165, 1.54) is 65.2 Å². The van der Waals surface area contributed by atoms with Crippen molar-refractivity contribution in [3.63, 3.8) is 0 Å². The number of aromatic nitrogens is 5. The second-order valence-corrected chi connectivity index (χ2v) is 14.6. The van der Waals surface area contributed by atoms with Crippen LogP contribution in [0, 0.1) is 0 Å². The molecule has 0 unspecified atom stereocenters. The fraction of sp³-hybridized carbons (Fsp3) is 0. The van der Waals surface area contributed by atoms with Gasteiger partial charge in [-0.2, -0.15) is 0 Å². The molecular formula is C50H29N5. The lowest BCUT2D eigenvalue weighted by atomic mass is 10.0. The van der Waals surface area contributed by atoms with E-state index in [2.05, 4.69) is 189 Å². The normalized spacial score (nSPS) is 12.4. The van der Waals surface area contributed by atoms with Crippen LogP contribution in [0.15, 0.2) is 176 Å². The maximum absolute atomic E-state index is 5.17.